The summed E-state index contributed by atoms with van der Waals surface area (Å²) in [4.78, 5) is 12.9. The summed E-state index contributed by atoms with van der Waals surface area (Å²) in [5.41, 5.74) is 0. The number of unbranched alkanes of at least 4 members (excludes halogenated alkanes) is 26. The highest BCUT2D eigenvalue weighted by atomic mass is 32.3. The maximum atomic E-state index is 12.9. The second-order valence-electron chi connectivity index (χ2n) is 18.5. The predicted molar refractivity (Wildman–Crippen MR) is 271 cm³/mol. The fraction of sp³-hybridized carbons (Fsp3) is 0.833. The van der Waals surface area contributed by atoms with Gasteiger partial charge in [0.25, 0.3) is 0 Å². The van der Waals surface area contributed by atoms with Crippen molar-refractivity contribution in [3.8, 4) is 0 Å². The first-order chi connectivity index (χ1) is 32.6. The lowest BCUT2D eigenvalue weighted by molar-refractivity contribution is -0.301. The Labute approximate surface area is 408 Å². The summed E-state index contributed by atoms with van der Waals surface area (Å²) in [7, 11) is -5.07. The zero-order valence-electron chi connectivity index (χ0n) is 42.2. The van der Waals surface area contributed by atoms with Crippen molar-refractivity contribution in [2.45, 2.75) is 263 Å². The number of carbonyl (C=O) groups is 1. The van der Waals surface area contributed by atoms with Crippen LogP contribution in [0, 0.1) is 0 Å². The van der Waals surface area contributed by atoms with E-state index in [0.29, 0.717) is 13.0 Å². The average Bonchev–Trinajstić information content (AvgIpc) is 3.30. The minimum Gasteiger partial charge on any atom is -0.457 e. The average molecular weight is 971 g/mol. The van der Waals surface area contributed by atoms with Gasteiger partial charge < -0.3 is 34.3 Å². The Kier molecular flexibility index (Phi) is 42.6. The third kappa shape index (κ3) is 38.5. The summed E-state index contributed by atoms with van der Waals surface area (Å²) in [5, 5.41) is 30.8. The monoisotopic (exact) mass is 971 g/mol. The molecule has 6 atom stereocenters. The number of aliphatic hydroxyl groups excluding tert-OH is 3. The van der Waals surface area contributed by atoms with Crippen LogP contribution < -0.4 is 0 Å². The molecule has 1 fully saturated rings. The van der Waals surface area contributed by atoms with Crippen molar-refractivity contribution in [1.82, 2.24) is 0 Å². The normalized spacial score (nSPS) is 19.8. The Morgan fingerprint density at radius 2 is 0.985 bits per heavy atom. The van der Waals surface area contributed by atoms with Crippen molar-refractivity contribution in [2.75, 3.05) is 26.4 Å². The van der Waals surface area contributed by atoms with E-state index in [4.69, 9.17) is 18.9 Å². The van der Waals surface area contributed by atoms with Crippen molar-refractivity contribution < 1.29 is 56.2 Å². The van der Waals surface area contributed by atoms with Gasteiger partial charge in [0.05, 0.1) is 19.8 Å². The Morgan fingerprint density at radius 1 is 0.567 bits per heavy atom. The van der Waals surface area contributed by atoms with Crippen LogP contribution in [0.3, 0.4) is 0 Å². The highest BCUT2D eigenvalue weighted by Gasteiger charge is 2.48. The van der Waals surface area contributed by atoms with Crippen LogP contribution >= 0.6 is 0 Å². The molecule has 6 unspecified atom stereocenters. The third-order valence-corrected chi connectivity index (χ3v) is 12.6. The maximum Gasteiger partial charge on any atom is 0.397 e. The first-order valence-corrected chi connectivity index (χ1v) is 28.3. The van der Waals surface area contributed by atoms with Gasteiger partial charge in [-0.25, -0.2) is 4.18 Å². The molecule has 0 aromatic heterocycles. The van der Waals surface area contributed by atoms with Gasteiger partial charge in [0.2, 0.25) is 0 Å². The van der Waals surface area contributed by atoms with Crippen LogP contribution in [0.25, 0.3) is 0 Å². The lowest BCUT2D eigenvalue weighted by atomic mass is 9.99. The molecular formula is C54H98O12S. The lowest BCUT2D eigenvalue weighted by Gasteiger charge is -2.41. The molecule has 67 heavy (non-hydrogen) atoms. The Balaban J connectivity index is 2.32. The van der Waals surface area contributed by atoms with Crippen molar-refractivity contribution >= 4 is 16.4 Å². The Bertz CT molecular complexity index is 1350. The van der Waals surface area contributed by atoms with Crippen molar-refractivity contribution in [1.29, 1.82) is 0 Å². The van der Waals surface area contributed by atoms with E-state index >= 15 is 0 Å². The Morgan fingerprint density at radius 3 is 1.43 bits per heavy atom. The fourth-order valence-electron chi connectivity index (χ4n) is 8.09. The van der Waals surface area contributed by atoms with Gasteiger partial charge in [0.15, 0.2) is 6.29 Å². The molecule has 4 N–H and O–H groups in total. The van der Waals surface area contributed by atoms with Gasteiger partial charge >= 0.3 is 16.4 Å². The van der Waals surface area contributed by atoms with Gasteiger partial charge in [-0.15, -0.1) is 0 Å². The van der Waals surface area contributed by atoms with Crippen LogP contribution in [0.2, 0.25) is 0 Å². The SMILES string of the molecule is CCCCCC/C=C\C/C=C\CCCCCCCC(=O)OC(COCCCCCCCCCCCCCC/C=C\C/C=C\CCCCCCC)COC1OC(CO)C(O)C(OS(=O)(=O)O)C1O. The van der Waals surface area contributed by atoms with E-state index in [1.165, 1.54) is 128 Å². The van der Waals surface area contributed by atoms with E-state index in [9.17, 15) is 33.1 Å². The molecule has 392 valence electrons. The van der Waals surface area contributed by atoms with Crippen molar-refractivity contribution in [3.63, 3.8) is 0 Å². The predicted octanol–water partition coefficient (Wildman–Crippen LogP) is 12.7. The topological polar surface area (TPSA) is 178 Å². The number of ether oxygens (including phenoxy) is 4. The number of rotatable bonds is 47. The van der Waals surface area contributed by atoms with Gasteiger partial charge in [0.1, 0.15) is 30.5 Å². The van der Waals surface area contributed by atoms with Gasteiger partial charge in [0, 0.05) is 13.0 Å². The third-order valence-electron chi connectivity index (χ3n) is 12.2. The van der Waals surface area contributed by atoms with E-state index < -0.39 is 59.8 Å². The van der Waals surface area contributed by atoms with Crippen LogP contribution in [0.15, 0.2) is 48.6 Å². The number of allylic oxidation sites excluding steroid dienone is 8. The molecule has 1 rings (SSSR count). The first kappa shape index (κ1) is 63.1. The standard InChI is InChI=1S/C54H98O12S/c1-3-5-7-9-11-13-15-17-19-21-22-23-24-25-26-27-28-30-32-34-36-38-40-42-44-62-46-48(47-63-54-52(58)53(66-67(59,60)61)51(57)49(45-55)65-54)64-50(56)43-41-39-37-35-33-31-29-20-18-16-14-12-10-8-6-4-2/h14-17,20-22,29,48-49,51-55,57-58H,3-13,18-19,23-28,30-47H2,1-2H3,(H,59,60,61)/b16-14-,17-15-,22-21-,29-20-. The highest BCUT2D eigenvalue weighted by Crippen LogP contribution is 2.26. The number of aliphatic hydroxyl groups is 3. The van der Waals surface area contributed by atoms with Crippen molar-refractivity contribution in [3.05, 3.63) is 48.6 Å². The van der Waals surface area contributed by atoms with Crippen LogP contribution in [-0.2, 0) is 38.3 Å². The smallest absolute Gasteiger partial charge is 0.397 e. The summed E-state index contributed by atoms with van der Waals surface area (Å²) >= 11 is 0. The molecule has 1 saturated heterocycles. The van der Waals surface area contributed by atoms with Crippen LogP contribution in [0.1, 0.15) is 226 Å². The second-order valence-corrected chi connectivity index (χ2v) is 19.5. The molecule has 1 aliphatic rings. The van der Waals surface area contributed by atoms with E-state index in [2.05, 4.69) is 66.6 Å². The molecule has 1 aliphatic heterocycles. The summed E-state index contributed by atoms with van der Waals surface area (Å²) < 4.78 is 59.3. The summed E-state index contributed by atoms with van der Waals surface area (Å²) in [5.74, 6) is -0.412. The van der Waals surface area contributed by atoms with Gasteiger partial charge in [-0.1, -0.05) is 191 Å². The summed E-state index contributed by atoms with van der Waals surface area (Å²) in [6, 6.07) is 0. The van der Waals surface area contributed by atoms with E-state index in [1.54, 1.807) is 0 Å². The lowest BCUT2D eigenvalue weighted by Crippen LogP contribution is -2.60. The van der Waals surface area contributed by atoms with Crippen LogP contribution in [-0.4, -0.2) is 97.5 Å². The molecule has 12 nitrogen and oxygen atoms in total. The van der Waals surface area contributed by atoms with Crippen LogP contribution in [0.5, 0.6) is 0 Å². The van der Waals surface area contributed by atoms with Gasteiger partial charge in [-0.3, -0.25) is 9.35 Å². The number of hydrogen-bond donors (Lipinski definition) is 4. The zero-order chi connectivity index (χ0) is 48.9. The number of esters is 1. The van der Waals surface area contributed by atoms with Crippen LogP contribution in [0.4, 0.5) is 0 Å². The quantitative estimate of drug-likeness (QED) is 0.0197. The summed E-state index contributed by atoms with van der Waals surface area (Å²) in [6.45, 7) is 3.96. The molecule has 1 heterocycles. The minimum absolute atomic E-state index is 0.0292. The number of carbonyl (C=O) groups excluding carboxylic acids is 1. The molecule has 0 aromatic carbocycles. The van der Waals surface area contributed by atoms with Crippen molar-refractivity contribution in [2.24, 2.45) is 0 Å². The molecule has 0 bridgehead atoms. The molecule has 13 heteroatoms. The molecule has 0 saturated carbocycles. The van der Waals surface area contributed by atoms with Gasteiger partial charge in [-0.05, 0) is 77.0 Å². The zero-order valence-corrected chi connectivity index (χ0v) is 43.0. The van der Waals surface area contributed by atoms with E-state index in [1.807, 2.05) is 0 Å². The highest BCUT2D eigenvalue weighted by molar-refractivity contribution is 7.80. The second kappa shape index (κ2) is 45.2. The molecule has 0 spiro atoms. The number of hydrogen-bond acceptors (Lipinski definition) is 11. The molecule has 0 aliphatic carbocycles. The maximum absolute atomic E-state index is 12.9. The Hall–Kier alpha value is -1.94. The van der Waals surface area contributed by atoms with E-state index in [-0.39, 0.29) is 19.6 Å². The molecular weight excluding hydrogens is 873 g/mol. The molecule has 0 amide bonds. The fourth-order valence-corrected chi connectivity index (χ4v) is 8.60. The van der Waals surface area contributed by atoms with E-state index in [0.717, 1.165) is 70.6 Å². The first-order valence-electron chi connectivity index (χ1n) is 26.9. The molecule has 0 aromatic rings. The molecule has 0 radical (unpaired) electrons. The largest absolute Gasteiger partial charge is 0.457 e. The summed E-state index contributed by atoms with van der Waals surface area (Å²) in [6.07, 6.45) is 47.1. The minimum atomic E-state index is -5.07. The van der Waals surface area contributed by atoms with Gasteiger partial charge in [-0.2, -0.15) is 8.42 Å².